The highest BCUT2D eigenvalue weighted by molar-refractivity contribution is 5.89. The third kappa shape index (κ3) is 4.10. The minimum atomic E-state index is -0.183. The second-order valence-electron chi connectivity index (χ2n) is 6.74. The fraction of sp³-hybridized carbons (Fsp3) is 0.556. The van der Waals surface area contributed by atoms with E-state index in [0.717, 1.165) is 32.5 Å². The largest absolute Gasteiger partial charge is 0.352 e. The van der Waals surface area contributed by atoms with E-state index in [-0.39, 0.29) is 23.8 Å². The Hall–Kier alpha value is -1.88. The number of nitrogens with zero attached hydrogens (tertiary/aromatic N) is 2. The Bertz CT molecular complexity index is 561. The van der Waals surface area contributed by atoms with Gasteiger partial charge < -0.3 is 10.2 Å². The zero-order valence-corrected chi connectivity index (χ0v) is 13.7. The van der Waals surface area contributed by atoms with Crippen LogP contribution >= 0.6 is 0 Å². The van der Waals surface area contributed by atoms with E-state index in [0.29, 0.717) is 13.0 Å². The van der Waals surface area contributed by atoms with Gasteiger partial charge in [0.25, 0.3) is 0 Å². The molecule has 1 N–H and O–H groups in total. The Labute approximate surface area is 137 Å². The number of nitrogens with one attached hydrogen (secondary N) is 1. The predicted octanol–water partition coefficient (Wildman–Crippen LogP) is 1.25. The van der Waals surface area contributed by atoms with Crippen LogP contribution < -0.4 is 5.32 Å². The molecule has 2 aliphatic heterocycles. The summed E-state index contributed by atoms with van der Waals surface area (Å²) in [5, 5.41) is 3.16. The number of hydrogen-bond acceptors (Lipinski definition) is 3. The monoisotopic (exact) mass is 315 g/mol. The van der Waals surface area contributed by atoms with Crippen molar-refractivity contribution >= 4 is 11.8 Å². The molecule has 0 spiro atoms. The first-order valence-electron chi connectivity index (χ1n) is 8.42. The van der Waals surface area contributed by atoms with Gasteiger partial charge in [-0.2, -0.15) is 0 Å². The van der Waals surface area contributed by atoms with Gasteiger partial charge in [0.1, 0.15) is 0 Å². The van der Waals surface area contributed by atoms with Gasteiger partial charge in [-0.25, -0.2) is 0 Å². The van der Waals surface area contributed by atoms with Crippen LogP contribution in [0.15, 0.2) is 30.3 Å². The van der Waals surface area contributed by atoms with E-state index in [1.54, 1.807) is 11.9 Å². The standard InChI is InChI=1S/C18H25N3O2/c1-20-12-15(10-17(20)22)18(23)19-16-8-5-9-21(13-16)11-14-6-3-2-4-7-14/h2-4,6-7,15-16H,5,8-13H2,1H3,(H,19,23)/t15-,16-/m0/s1. The summed E-state index contributed by atoms with van der Waals surface area (Å²) >= 11 is 0. The summed E-state index contributed by atoms with van der Waals surface area (Å²) in [5.41, 5.74) is 1.31. The lowest BCUT2D eigenvalue weighted by Gasteiger charge is -2.33. The van der Waals surface area contributed by atoms with Crippen molar-refractivity contribution in [3.05, 3.63) is 35.9 Å². The molecule has 3 rings (SSSR count). The number of rotatable bonds is 4. The summed E-state index contributed by atoms with van der Waals surface area (Å²) in [6.45, 7) is 3.44. The van der Waals surface area contributed by atoms with Crippen LogP contribution in [0.3, 0.4) is 0 Å². The molecule has 5 heteroatoms. The van der Waals surface area contributed by atoms with Crippen molar-refractivity contribution in [2.75, 3.05) is 26.7 Å². The number of hydrogen-bond donors (Lipinski definition) is 1. The SMILES string of the molecule is CN1C[C@@H](C(=O)N[C@H]2CCCN(Cc3ccccc3)C2)CC1=O. The van der Waals surface area contributed by atoms with Gasteiger partial charge >= 0.3 is 0 Å². The summed E-state index contributed by atoms with van der Waals surface area (Å²) in [5.74, 6) is -0.0780. The molecule has 23 heavy (non-hydrogen) atoms. The summed E-state index contributed by atoms with van der Waals surface area (Å²) in [6, 6.07) is 10.6. The van der Waals surface area contributed by atoms with Crippen molar-refractivity contribution in [2.45, 2.75) is 31.8 Å². The van der Waals surface area contributed by atoms with E-state index >= 15 is 0 Å². The van der Waals surface area contributed by atoms with Crippen LogP contribution in [0.2, 0.25) is 0 Å². The van der Waals surface area contributed by atoms with Gasteiger partial charge in [-0.05, 0) is 24.9 Å². The molecule has 0 saturated carbocycles. The lowest BCUT2D eigenvalue weighted by atomic mass is 10.0. The molecule has 1 aromatic carbocycles. The molecule has 1 aromatic rings. The maximum absolute atomic E-state index is 12.4. The minimum absolute atomic E-state index is 0.0364. The van der Waals surface area contributed by atoms with Crippen molar-refractivity contribution in [1.82, 2.24) is 15.1 Å². The molecule has 2 aliphatic rings. The van der Waals surface area contributed by atoms with E-state index in [2.05, 4.69) is 34.5 Å². The molecule has 0 aliphatic carbocycles. The quantitative estimate of drug-likeness (QED) is 0.910. The summed E-state index contributed by atoms with van der Waals surface area (Å²) in [7, 11) is 1.76. The zero-order chi connectivity index (χ0) is 16.2. The van der Waals surface area contributed by atoms with Crippen LogP contribution in [0, 0.1) is 5.92 Å². The Morgan fingerprint density at radius 2 is 2.04 bits per heavy atom. The third-order valence-electron chi connectivity index (χ3n) is 4.81. The number of benzene rings is 1. The van der Waals surface area contributed by atoms with Crippen molar-refractivity contribution < 1.29 is 9.59 Å². The smallest absolute Gasteiger partial charge is 0.225 e. The van der Waals surface area contributed by atoms with E-state index in [9.17, 15) is 9.59 Å². The highest BCUT2D eigenvalue weighted by atomic mass is 16.2. The van der Waals surface area contributed by atoms with E-state index < -0.39 is 0 Å². The van der Waals surface area contributed by atoms with Crippen molar-refractivity contribution in [3.8, 4) is 0 Å². The van der Waals surface area contributed by atoms with E-state index in [1.807, 2.05) is 6.07 Å². The van der Waals surface area contributed by atoms with Gasteiger partial charge in [0, 0.05) is 39.1 Å². The predicted molar refractivity (Wildman–Crippen MR) is 88.6 cm³/mol. The summed E-state index contributed by atoms with van der Waals surface area (Å²) in [6.07, 6.45) is 2.47. The molecule has 2 fully saturated rings. The van der Waals surface area contributed by atoms with Crippen LogP contribution in [-0.2, 0) is 16.1 Å². The average molecular weight is 315 g/mol. The fourth-order valence-electron chi connectivity index (χ4n) is 3.52. The van der Waals surface area contributed by atoms with Crippen molar-refractivity contribution in [1.29, 1.82) is 0 Å². The van der Waals surface area contributed by atoms with Crippen molar-refractivity contribution in [2.24, 2.45) is 5.92 Å². The highest BCUT2D eigenvalue weighted by Crippen LogP contribution is 2.18. The average Bonchev–Trinajstić information content (AvgIpc) is 2.88. The Morgan fingerprint density at radius 3 is 2.74 bits per heavy atom. The lowest BCUT2D eigenvalue weighted by Crippen LogP contribution is -2.49. The van der Waals surface area contributed by atoms with Crippen molar-refractivity contribution in [3.63, 3.8) is 0 Å². The summed E-state index contributed by atoms with van der Waals surface area (Å²) < 4.78 is 0. The maximum Gasteiger partial charge on any atom is 0.225 e. The van der Waals surface area contributed by atoms with Gasteiger partial charge in [0.2, 0.25) is 11.8 Å². The first-order chi connectivity index (χ1) is 11.1. The Morgan fingerprint density at radius 1 is 1.26 bits per heavy atom. The molecule has 2 saturated heterocycles. The fourth-order valence-corrected chi connectivity index (χ4v) is 3.52. The molecule has 0 radical (unpaired) electrons. The van der Waals surface area contributed by atoms with Crippen LogP contribution in [-0.4, -0.2) is 54.3 Å². The molecule has 2 amide bonds. The van der Waals surface area contributed by atoms with Crippen LogP contribution in [0.1, 0.15) is 24.8 Å². The Balaban J connectivity index is 1.50. The normalized spacial score (nSPS) is 25.6. The number of likely N-dealkylation sites (tertiary alicyclic amines) is 2. The molecule has 5 nitrogen and oxygen atoms in total. The molecular formula is C18H25N3O2. The summed E-state index contributed by atoms with van der Waals surface area (Å²) in [4.78, 5) is 28.0. The molecule has 0 bridgehead atoms. The first-order valence-corrected chi connectivity index (χ1v) is 8.42. The molecule has 0 aromatic heterocycles. The van der Waals surface area contributed by atoms with Crippen LogP contribution in [0.5, 0.6) is 0 Å². The minimum Gasteiger partial charge on any atom is -0.352 e. The third-order valence-corrected chi connectivity index (χ3v) is 4.81. The van der Waals surface area contributed by atoms with E-state index in [1.165, 1.54) is 5.56 Å². The number of amides is 2. The molecule has 124 valence electrons. The lowest BCUT2D eigenvalue weighted by molar-refractivity contribution is -0.128. The van der Waals surface area contributed by atoms with E-state index in [4.69, 9.17) is 0 Å². The second-order valence-corrected chi connectivity index (χ2v) is 6.74. The van der Waals surface area contributed by atoms with Gasteiger partial charge in [-0.15, -0.1) is 0 Å². The zero-order valence-electron chi connectivity index (χ0n) is 13.7. The molecule has 2 atom stereocenters. The topological polar surface area (TPSA) is 52.7 Å². The van der Waals surface area contributed by atoms with Gasteiger partial charge in [0.05, 0.1) is 5.92 Å². The number of carbonyl (C=O) groups excluding carboxylic acids is 2. The highest BCUT2D eigenvalue weighted by Gasteiger charge is 2.33. The van der Waals surface area contributed by atoms with Crippen LogP contribution in [0.25, 0.3) is 0 Å². The molecular weight excluding hydrogens is 290 g/mol. The number of piperidine rings is 1. The Kier molecular flexibility index (Phi) is 4.96. The van der Waals surface area contributed by atoms with Gasteiger partial charge in [-0.3, -0.25) is 14.5 Å². The van der Waals surface area contributed by atoms with Crippen LogP contribution in [0.4, 0.5) is 0 Å². The number of carbonyl (C=O) groups is 2. The second kappa shape index (κ2) is 7.13. The van der Waals surface area contributed by atoms with Gasteiger partial charge in [-0.1, -0.05) is 30.3 Å². The first kappa shape index (κ1) is 16.0. The molecule has 2 heterocycles. The maximum atomic E-state index is 12.4. The molecule has 0 unspecified atom stereocenters. The van der Waals surface area contributed by atoms with Gasteiger partial charge in [0.15, 0.2) is 0 Å².